The Kier molecular flexibility index (Phi) is 5.64. The van der Waals surface area contributed by atoms with Gasteiger partial charge in [-0.15, -0.1) is 0 Å². The molecular weight excluding hydrogens is 266 g/mol. The molecule has 0 aromatic heterocycles. The monoisotopic (exact) mass is 285 g/mol. The topological polar surface area (TPSA) is 47.6 Å². The summed E-state index contributed by atoms with van der Waals surface area (Å²) in [6, 6.07) is 17.2. The standard InChI is InChI=1S/C17H19NO3/c1-2-20-17(19)12-13-18-15-10-6-7-11-16(15)21-14-8-4-3-5-9-14/h3-11,18H,2,12-13H2,1H3. The average molecular weight is 285 g/mol. The molecule has 110 valence electrons. The van der Waals surface area contributed by atoms with E-state index in [1.807, 2.05) is 54.6 Å². The fraction of sp³-hybridized carbons (Fsp3) is 0.235. The molecule has 0 amide bonds. The van der Waals surface area contributed by atoms with Crippen LogP contribution in [0, 0.1) is 0 Å². The summed E-state index contributed by atoms with van der Waals surface area (Å²) >= 11 is 0. The number of ether oxygens (including phenoxy) is 2. The second kappa shape index (κ2) is 7.94. The Hall–Kier alpha value is -2.49. The SMILES string of the molecule is CCOC(=O)CCNc1ccccc1Oc1ccccc1. The van der Waals surface area contributed by atoms with E-state index in [9.17, 15) is 4.79 Å². The Morgan fingerprint density at radius 3 is 2.52 bits per heavy atom. The average Bonchev–Trinajstić information content (AvgIpc) is 2.50. The third-order valence-electron chi connectivity index (χ3n) is 2.81. The van der Waals surface area contributed by atoms with Crippen molar-refractivity contribution in [2.45, 2.75) is 13.3 Å². The smallest absolute Gasteiger partial charge is 0.307 e. The highest BCUT2D eigenvalue weighted by Crippen LogP contribution is 2.28. The number of carbonyl (C=O) groups is 1. The van der Waals surface area contributed by atoms with Gasteiger partial charge in [0.25, 0.3) is 0 Å². The maximum Gasteiger partial charge on any atom is 0.307 e. The Morgan fingerprint density at radius 1 is 1.05 bits per heavy atom. The molecule has 4 heteroatoms. The third-order valence-corrected chi connectivity index (χ3v) is 2.81. The summed E-state index contributed by atoms with van der Waals surface area (Å²) in [6.45, 7) is 2.72. The molecule has 0 aliphatic heterocycles. The van der Waals surface area contributed by atoms with Gasteiger partial charge in [-0.3, -0.25) is 4.79 Å². The third kappa shape index (κ3) is 4.84. The molecule has 0 atom stereocenters. The summed E-state index contributed by atoms with van der Waals surface area (Å²) in [6.07, 6.45) is 0.327. The zero-order valence-electron chi connectivity index (χ0n) is 12.0. The lowest BCUT2D eigenvalue weighted by atomic mass is 10.2. The van der Waals surface area contributed by atoms with Crippen LogP contribution < -0.4 is 10.1 Å². The minimum absolute atomic E-state index is 0.202. The van der Waals surface area contributed by atoms with Crippen LogP contribution in [0.4, 0.5) is 5.69 Å². The molecule has 0 aliphatic carbocycles. The summed E-state index contributed by atoms with van der Waals surface area (Å²) in [5.74, 6) is 1.30. The van der Waals surface area contributed by atoms with Crippen LogP contribution in [0.25, 0.3) is 0 Å². The first-order valence-electron chi connectivity index (χ1n) is 7.01. The zero-order chi connectivity index (χ0) is 14.9. The van der Waals surface area contributed by atoms with Crippen molar-refractivity contribution in [1.82, 2.24) is 0 Å². The summed E-state index contributed by atoms with van der Waals surface area (Å²) in [5, 5.41) is 3.20. The van der Waals surface area contributed by atoms with Gasteiger partial charge in [0.1, 0.15) is 5.75 Å². The van der Waals surface area contributed by atoms with E-state index in [1.165, 1.54) is 0 Å². The Labute approximate surface area is 124 Å². The molecule has 0 fully saturated rings. The molecule has 1 N–H and O–H groups in total. The van der Waals surface area contributed by atoms with Gasteiger partial charge in [0, 0.05) is 6.54 Å². The second-order valence-electron chi connectivity index (χ2n) is 4.39. The summed E-state index contributed by atoms with van der Waals surface area (Å²) in [5.41, 5.74) is 0.852. The fourth-order valence-corrected chi connectivity index (χ4v) is 1.85. The first-order chi connectivity index (χ1) is 10.3. The number of esters is 1. The van der Waals surface area contributed by atoms with E-state index in [4.69, 9.17) is 9.47 Å². The number of nitrogens with one attached hydrogen (secondary N) is 1. The summed E-state index contributed by atoms with van der Waals surface area (Å²) in [4.78, 5) is 11.3. The van der Waals surface area contributed by atoms with Crippen molar-refractivity contribution < 1.29 is 14.3 Å². The molecule has 2 rings (SSSR count). The molecule has 0 saturated heterocycles. The molecule has 0 bridgehead atoms. The number of hydrogen-bond donors (Lipinski definition) is 1. The molecular formula is C17H19NO3. The van der Waals surface area contributed by atoms with Crippen LogP contribution >= 0.6 is 0 Å². The van der Waals surface area contributed by atoms with Crippen LogP contribution in [0.15, 0.2) is 54.6 Å². The van der Waals surface area contributed by atoms with Crippen LogP contribution in [0.1, 0.15) is 13.3 Å². The number of benzene rings is 2. The number of para-hydroxylation sites is 3. The quantitative estimate of drug-likeness (QED) is 0.785. The first kappa shape index (κ1) is 14.9. The minimum Gasteiger partial charge on any atom is -0.466 e. The molecule has 4 nitrogen and oxygen atoms in total. The second-order valence-corrected chi connectivity index (χ2v) is 4.39. The van der Waals surface area contributed by atoms with E-state index in [0.29, 0.717) is 19.6 Å². The lowest BCUT2D eigenvalue weighted by molar-refractivity contribution is -0.142. The Balaban J connectivity index is 1.95. The molecule has 0 saturated carbocycles. The van der Waals surface area contributed by atoms with E-state index >= 15 is 0 Å². The highest BCUT2D eigenvalue weighted by atomic mass is 16.5. The molecule has 21 heavy (non-hydrogen) atoms. The highest BCUT2D eigenvalue weighted by Gasteiger charge is 2.05. The van der Waals surface area contributed by atoms with Gasteiger partial charge in [0.15, 0.2) is 5.75 Å². The van der Waals surface area contributed by atoms with Gasteiger partial charge in [0.2, 0.25) is 0 Å². The van der Waals surface area contributed by atoms with Crippen molar-refractivity contribution in [3.05, 3.63) is 54.6 Å². The van der Waals surface area contributed by atoms with E-state index in [1.54, 1.807) is 6.92 Å². The van der Waals surface area contributed by atoms with Crippen molar-refractivity contribution >= 4 is 11.7 Å². The van der Waals surface area contributed by atoms with Crippen molar-refractivity contribution in [1.29, 1.82) is 0 Å². The van der Waals surface area contributed by atoms with E-state index in [2.05, 4.69) is 5.32 Å². The summed E-state index contributed by atoms with van der Waals surface area (Å²) in [7, 11) is 0. The minimum atomic E-state index is -0.202. The molecule has 0 spiro atoms. The highest BCUT2D eigenvalue weighted by molar-refractivity contribution is 5.70. The van der Waals surface area contributed by atoms with Gasteiger partial charge in [0.05, 0.1) is 18.7 Å². The van der Waals surface area contributed by atoms with Gasteiger partial charge >= 0.3 is 5.97 Å². The van der Waals surface area contributed by atoms with Crippen molar-refractivity contribution in [3.63, 3.8) is 0 Å². The van der Waals surface area contributed by atoms with E-state index in [-0.39, 0.29) is 5.97 Å². The molecule has 2 aromatic carbocycles. The van der Waals surface area contributed by atoms with Gasteiger partial charge in [-0.1, -0.05) is 30.3 Å². The number of hydrogen-bond acceptors (Lipinski definition) is 4. The Bertz CT molecular complexity index is 569. The lowest BCUT2D eigenvalue weighted by Gasteiger charge is -2.12. The normalized spacial score (nSPS) is 9.95. The van der Waals surface area contributed by atoms with E-state index in [0.717, 1.165) is 17.2 Å². The van der Waals surface area contributed by atoms with Crippen molar-refractivity contribution in [2.75, 3.05) is 18.5 Å². The molecule has 0 aliphatic rings. The van der Waals surface area contributed by atoms with Crippen LogP contribution in [0.5, 0.6) is 11.5 Å². The maximum absolute atomic E-state index is 11.3. The Morgan fingerprint density at radius 2 is 1.76 bits per heavy atom. The molecule has 0 heterocycles. The number of anilines is 1. The lowest BCUT2D eigenvalue weighted by Crippen LogP contribution is -2.11. The largest absolute Gasteiger partial charge is 0.466 e. The van der Waals surface area contributed by atoms with Crippen LogP contribution in [-0.4, -0.2) is 19.1 Å². The predicted molar refractivity (Wildman–Crippen MR) is 82.7 cm³/mol. The van der Waals surface area contributed by atoms with Crippen LogP contribution in [-0.2, 0) is 9.53 Å². The van der Waals surface area contributed by atoms with Crippen molar-refractivity contribution in [3.8, 4) is 11.5 Å². The molecule has 2 aromatic rings. The van der Waals surface area contributed by atoms with Gasteiger partial charge in [-0.25, -0.2) is 0 Å². The van der Waals surface area contributed by atoms with E-state index < -0.39 is 0 Å². The molecule has 0 unspecified atom stereocenters. The maximum atomic E-state index is 11.3. The first-order valence-corrected chi connectivity index (χ1v) is 7.01. The molecule has 0 radical (unpaired) electrons. The fourth-order valence-electron chi connectivity index (χ4n) is 1.85. The zero-order valence-corrected chi connectivity index (χ0v) is 12.0. The number of rotatable bonds is 7. The van der Waals surface area contributed by atoms with Gasteiger partial charge in [-0.2, -0.15) is 0 Å². The van der Waals surface area contributed by atoms with Crippen LogP contribution in [0.3, 0.4) is 0 Å². The summed E-state index contributed by atoms with van der Waals surface area (Å²) < 4.78 is 10.7. The van der Waals surface area contributed by atoms with Crippen LogP contribution in [0.2, 0.25) is 0 Å². The van der Waals surface area contributed by atoms with Gasteiger partial charge in [-0.05, 0) is 31.2 Å². The number of carbonyl (C=O) groups excluding carboxylic acids is 1. The van der Waals surface area contributed by atoms with Crippen molar-refractivity contribution in [2.24, 2.45) is 0 Å². The predicted octanol–water partition coefficient (Wildman–Crippen LogP) is 3.84. The van der Waals surface area contributed by atoms with Gasteiger partial charge < -0.3 is 14.8 Å².